The molecule has 132 valence electrons. The number of ether oxygens (including phenoxy) is 1. The van der Waals surface area contributed by atoms with Crippen LogP contribution in [-0.4, -0.2) is 34.7 Å². The number of Topliss-reactive ketones (excluding diaryl/α,β-unsaturated/α-hetero) is 1. The maximum absolute atomic E-state index is 12.3. The molecule has 1 saturated carbocycles. The number of hydrogen-bond donors (Lipinski definition) is 2. The molecule has 3 rings (SSSR count). The topological polar surface area (TPSA) is 101 Å². The number of anilines is 1. The lowest BCUT2D eigenvalue weighted by Crippen LogP contribution is -2.17. The lowest BCUT2D eigenvalue weighted by atomic mass is 10.1. The van der Waals surface area contributed by atoms with Crippen LogP contribution in [0.2, 0.25) is 0 Å². The van der Waals surface area contributed by atoms with Crippen LogP contribution in [0.3, 0.4) is 0 Å². The second kappa shape index (κ2) is 6.79. The Bertz CT molecular complexity index is 848. The molecule has 1 amide bonds. The summed E-state index contributed by atoms with van der Waals surface area (Å²) in [4.78, 5) is 43.3. The minimum Gasteiger partial charge on any atom is -0.465 e. The Balaban J connectivity index is 1.78. The van der Waals surface area contributed by atoms with Gasteiger partial charge in [0.05, 0.1) is 30.5 Å². The largest absolute Gasteiger partial charge is 0.465 e. The van der Waals surface area contributed by atoms with E-state index in [0.29, 0.717) is 28.0 Å². The number of aromatic amines is 1. The van der Waals surface area contributed by atoms with Crippen LogP contribution in [0.4, 0.5) is 5.13 Å². The number of carbonyl (C=O) groups is 3. The predicted molar refractivity (Wildman–Crippen MR) is 93.3 cm³/mol. The highest BCUT2D eigenvalue weighted by Gasteiger charge is 2.27. The van der Waals surface area contributed by atoms with Crippen LogP contribution in [0.15, 0.2) is 5.38 Å². The van der Waals surface area contributed by atoms with Gasteiger partial charge in [0.25, 0.3) is 0 Å². The smallest absolute Gasteiger partial charge is 0.339 e. The van der Waals surface area contributed by atoms with Gasteiger partial charge in [0.15, 0.2) is 10.9 Å². The first-order valence-corrected chi connectivity index (χ1v) is 8.84. The molecule has 0 atom stereocenters. The first kappa shape index (κ1) is 17.3. The molecule has 0 aromatic carbocycles. The van der Waals surface area contributed by atoms with Crippen molar-refractivity contribution in [2.45, 2.75) is 39.0 Å². The van der Waals surface area contributed by atoms with Crippen molar-refractivity contribution in [3.63, 3.8) is 0 Å². The van der Waals surface area contributed by atoms with Crippen molar-refractivity contribution >= 4 is 34.1 Å². The van der Waals surface area contributed by atoms with Gasteiger partial charge in [-0.3, -0.25) is 9.59 Å². The number of nitrogens with one attached hydrogen (secondary N) is 2. The molecule has 0 aliphatic heterocycles. The van der Waals surface area contributed by atoms with E-state index in [4.69, 9.17) is 4.74 Å². The van der Waals surface area contributed by atoms with E-state index in [1.165, 1.54) is 25.4 Å². The van der Waals surface area contributed by atoms with Crippen molar-refractivity contribution in [3.8, 4) is 0 Å². The number of amides is 1. The average molecular weight is 361 g/mol. The summed E-state index contributed by atoms with van der Waals surface area (Å²) in [5.41, 5.74) is 2.43. The third-order valence-electron chi connectivity index (χ3n) is 4.17. The van der Waals surface area contributed by atoms with Gasteiger partial charge in [-0.25, -0.2) is 9.78 Å². The number of esters is 1. The van der Waals surface area contributed by atoms with Gasteiger partial charge in [0.1, 0.15) is 0 Å². The molecule has 1 fully saturated rings. The number of rotatable bonds is 6. The predicted octanol–water partition coefficient (Wildman–Crippen LogP) is 2.83. The second-order valence-corrected chi connectivity index (χ2v) is 6.96. The summed E-state index contributed by atoms with van der Waals surface area (Å²) in [6.45, 7) is 3.06. The first-order valence-electron chi connectivity index (χ1n) is 7.96. The molecule has 2 N–H and O–H groups in total. The fourth-order valence-corrected chi connectivity index (χ4v) is 3.56. The van der Waals surface area contributed by atoms with Crippen molar-refractivity contribution in [3.05, 3.63) is 33.6 Å². The number of hydrogen-bond acceptors (Lipinski definition) is 6. The van der Waals surface area contributed by atoms with Crippen molar-refractivity contribution in [1.29, 1.82) is 0 Å². The Morgan fingerprint density at radius 1 is 1.40 bits per heavy atom. The van der Waals surface area contributed by atoms with Crippen LogP contribution in [0.1, 0.15) is 63.5 Å². The number of aromatic nitrogens is 2. The van der Waals surface area contributed by atoms with Crippen LogP contribution in [0, 0.1) is 6.92 Å². The number of H-pyrrole nitrogens is 1. The van der Waals surface area contributed by atoms with Crippen LogP contribution in [0.25, 0.3) is 0 Å². The molecule has 2 aromatic rings. The van der Waals surface area contributed by atoms with Gasteiger partial charge in [-0.15, -0.1) is 11.3 Å². The third-order valence-corrected chi connectivity index (χ3v) is 4.95. The molecule has 25 heavy (non-hydrogen) atoms. The Morgan fingerprint density at radius 3 is 2.72 bits per heavy atom. The van der Waals surface area contributed by atoms with E-state index in [-0.39, 0.29) is 23.7 Å². The quantitative estimate of drug-likeness (QED) is 0.608. The zero-order valence-corrected chi connectivity index (χ0v) is 15.1. The summed E-state index contributed by atoms with van der Waals surface area (Å²) in [6, 6.07) is 0. The van der Waals surface area contributed by atoms with Gasteiger partial charge in [-0.1, -0.05) is 0 Å². The molecule has 0 radical (unpaired) electrons. The molecular formula is C17H19N3O4S. The Kier molecular flexibility index (Phi) is 4.71. The van der Waals surface area contributed by atoms with E-state index in [9.17, 15) is 14.4 Å². The average Bonchev–Trinajstić information content (AvgIpc) is 3.22. The molecular weight excluding hydrogens is 342 g/mol. The van der Waals surface area contributed by atoms with Crippen LogP contribution >= 0.6 is 11.3 Å². The van der Waals surface area contributed by atoms with Gasteiger partial charge in [-0.2, -0.15) is 0 Å². The fraction of sp³-hybridized carbons (Fsp3) is 0.412. The Labute approximate surface area is 148 Å². The van der Waals surface area contributed by atoms with Gasteiger partial charge in [0, 0.05) is 23.9 Å². The van der Waals surface area contributed by atoms with Crippen LogP contribution in [-0.2, 0) is 16.0 Å². The molecule has 7 nitrogen and oxygen atoms in total. The van der Waals surface area contributed by atoms with E-state index in [1.54, 1.807) is 6.92 Å². The first-order chi connectivity index (χ1) is 11.9. The maximum atomic E-state index is 12.3. The molecule has 2 heterocycles. The third kappa shape index (κ3) is 3.63. The molecule has 8 heteroatoms. The Hall–Kier alpha value is -2.48. The number of nitrogens with zero attached hydrogens (tertiary/aromatic N) is 1. The number of carbonyl (C=O) groups excluding carboxylic acids is 3. The van der Waals surface area contributed by atoms with Crippen LogP contribution < -0.4 is 5.32 Å². The van der Waals surface area contributed by atoms with E-state index in [0.717, 1.165) is 18.5 Å². The highest BCUT2D eigenvalue weighted by Crippen LogP contribution is 2.40. The standard InChI is InChI=1S/C17H19N3O4S/c1-8-14(16(23)24-3)11(18-15(8)9(2)21)6-13(22)20-17-19-12(7-25-17)10-4-5-10/h7,10,18H,4-6H2,1-3H3,(H,19,20,22). The molecule has 1 aliphatic carbocycles. The summed E-state index contributed by atoms with van der Waals surface area (Å²) >= 11 is 1.39. The van der Waals surface area contributed by atoms with Gasteiger partial charge in [0.2, 0.25) is 5.91 Å². The van der Waals surface area contributed by atoms with E-state index in [1.807, 2.05) is 5.38 Å². The van der Waals surface area contributed by atoms with E-state index < -0.39 is 5.97 Å². The Morgan fingerprint density at radius 2 is 2.12 bits per heavy atom. The normalized spacial score (nSPS) is 13.6. The summed E-state index contributed by atoms with van der Waals surface area (Å²) in [7, 11) is 1.26. The lowest BCUT2D eigenvalue weighted by molar-refractivity contribution is -0.115. The van der Waals surface area contributed by atoms with E-state index in [2.05, 4.69) is 15.3 Å². The molecule has 0 unspecified atom stereocenters. The molecule has 0 spiro atoms. The van der Waals surface area contributed by atoms with Crippen LogP contribution in [0.5, 0.6) is 0 Å². The zero-order chi connectivity index (χ0) is 18.1. The summed E-state index contributed by atoms with van der Waals surface area (Å²) < 4.78 is 4.78. The molecule has 0 bridgehead atoms. The minimum atomic E-state index is -0.575. The highest BCUT2D eigenvalue weighted by molar-refractivity contribution is 7.13. The summed E-state index contributed by atoms with van der Waals surface area (Å²) in [6.07, 6.45) is 2.22. The van der Waals surface area contributed by atoms with Gasteiger partial charge < -0.3 is 15.0 Å². The van der Waals surface area contributed by atoms with Crippen molar-refractivity contribution < 1.29 is 19.1 Å². The lowest BCUT2D eigenvalue weighted by Gasteiger charge is -2.04. The molecule has 2 aromatic heterocycles. The number of ketones is 1. The van der Waals surface area contributed by atoms with Crippen molar-refractivity contribution in [1.82, 2.24) is 9.97 Å². The number of methoxy groups -OCH3 is 1. The summed E-state index contributed by atoms with van der Waals surface area (Å²) in [5, 5.41) is 5.25. The monoisotopic (exact) mass is 361 g/mol. The van der Waals surface area contributed by atoms with Gasteiger partial charge in [-0.05, 0) is 25.3 Å². The number of thiazole rings is 1. The minimum absolute atomic E-state index is 0.0725. The fourth-order valence-electron chi connectivity index (χ4n) is 2.76. The zero-order valence-electron chi connectivity index (χ0n) is 14.3. The van der Waals surface area contributed by atoms with E-state index >= 15 is 0 Å². The second-order valence-electron chi connectivity index (χ2n) is 6.10. The SMILES string of the molecule is COC(=O)c1c(CC(=O)Nc2nc(C3CC3)cs2)[nH]c(C(C)=O)c1C. The van der Waals surface area contributed by atoms with Crippen molar-refractivity contribution in [2.75, 3.05) is 12.4 Å². The molecule has 1 aliphatic rings. The van der Waals surface area contributed by atoms with Gasteiger partial charge >= 0.3 is 5.97 Å². The highest BCUT2D eigenvalue weighted by atomic mass is 32.1. The molecule has 0 saturated heterocycles. The summed E-state index contributed by atoms with van der Waals surface area (Å²) in [5.74, 6) is -0.562. The maximum Gasteiger partial charge on any atom is 0.339 e. The van der Waals surface area contributed by atoms with Crippen molar-refractivity contribution in [2.24, 2.45) is 0 Å².